The highest BCUT2D eigenvalue weighted by atomic mass is 35.5. The number of hydrogen-bond donors (Lipinski definition) is 3. The molecule has 0 saturated heterocycles. The van der Waals surface area contributed by atoms with Crippen molar-refractivity contribution in [3.8, 4) is 17.0 Å². The molecule has 3 N–H and O–H groups in total. The highest BCUT2D eigenvalue weighted by molar-refractivity contribution is 7.16. The average molecular weight is 442 g/mol. The molecule has 0 atom stereocenters. The summed E-state index contributed by atoms with van der Waals surface area (Å²) in [7, 11) is 0. The van der Waals surface area contributed by atoms with E-state index < -0.39 is 0 Å². The van der Waals surface area contributed by atoms with Crippen LogP contribution in [0.4, 0.5) is 5.82 Å². The first-order valence-electron chi connectivity index (χ1n) is 9.37. The molecule has 0 unspecified atom stereocenters. The molecular formula is C21H20ClN5O2S. The Bertz CT molecular complexity index is 1220. The van der Waals surface area contributed by atoms with Crippen molar-refractivity contribution in [1.82, 2.24) is 19.7 Å². The van der Waals surface area contributed by atoms with Gasteiger partial charge in [-0.1, -0.05) is 17.7 Å². The number of imidazole rings is 1. The topological polar surface area (TPSA) is 91.5 Å². The highest BCUT2D eigenvalue weighted by Crippen LogP contribution is 2.29. The van der Waals surface area contributed by atoms with Crippen molar-refractivity contribution >= 4 is 40.3 Å². The molecule has 154 valence electrons. The predicted molar refractivity (Wildman–Crippen MR) is 119 cm³/mol. The molecule has 0 fully saturated rings. The van der Waals surface area contributed by atoms with Gasteiger partial charge >= 0.3 is 0 Å². The summed E-state index contributed by atoms with van der Waals surface area (Å²) < 4.78 is 2.63. The lowest BCUT2D eigenvalue weighted by atomic mass is 10.1. The summed E-state index contributed by atoms with van der Waals surface area (Å²) in [5.41, 5.74) is 2.42. The average Bonchev–Trinajstić information content (AvgIpc) is 3.32. The maximum atomic E-state index is 12.2. The van der Waals surface area contributed by atoms with E-state index in [9.17, 15) is 9.90 Å². The number of carbonyl (C=O) groups is 1. The Hall–Kier alpha value is -3.10. The Morgan fingerprint density at radius 2 is 2.10 bits per heavy atom. The van der Waals surface area contributed by atoms with E-state index in [4.69, 9.17) is 11.6 Å². The van der Waals surface area contributed by atoms with E-state index in [0.29, 0.717) is 18.0 Å². The third kappa shape index (κ3) is 4.10. The molecule has 1 aromatic carbocycles. The van der Waals surface area contributed by atoms with Crippen molar-refractivity contribution < 1.29 is 9.90 Å². The van der Waals surface area contributed by atoms with E-state index >= 15 is 0 Å². The van der Waals surface area contributed by atoms with Crippen LogP contribution in [0, 0.1) is 0 Å². The number of nitrogens with zero attached hydrogens (tertiary/aromatic N) is 3. The lowest BCUT2D eigenvalue weighted by molar-refractivity contribution is 0.0940. The summed E-state index contributed by atoms with van der Waals surface area (Å²) in [6.45, 7) is 4.33. The van der Waals surface area contributed by atoms with Crippen LogP contribution < -0.4 is 10.6 Å². The van der Waals surface area contributed by atoms with Gasteiger partial charge in [-0.15, -0.1) is 11.3 Å². The van der Waals surface area contributed by atoms with Gasteiger partial charge in [0.15, 0.2) is 11.5 Å². The fourth-order valence-electron chi connectivity index (χ4n) is 3.10. The van der Waals surface area contributed by atoms with Crippen LogP contribution in [0.3, 0.4) is 0 Å². The summed E-state index contributed by atoms with van der Waals surface area (Å²) in [6, 6.07) is 8.79. The van der Waals surface area contributed by atoms with Crippen LogP contribution in [0.5, 0.6) is 5.75 Å². The molecule has 0 saturated carbocycles. The van der Waals surface area contributed by atoms with Crippen LogP contribution >= 0.6 is 22.9 Å². The smallest absolute Gasteiger partial charge is 0.255 e. The number of thiophene rings is 1. The van der Waals surface area contributed by atoms with Crippen molar-refractivity contribution in [3.05, 3.63) is 63.7 Å². The van der Waals surface area contributed by atoms with Gasteiger partial charge in [0, 0.05) is 28.9 Å². The number of anilines is 1. The van der Waals surface area contributed by atoms with Crippen molar-refractivity contribution in [1.29, 1.82) is 0 Å². The number of amides is 1. The summed E-state index contributed by atoms with van der Waals surface area (Å²) in [6.07, 6.45) is 5.21. The van der Waals surface area contributed by atoms with E-state index in [-0.39, 0.29) is 23.3 Å². The second-order valence-electron chi connectivity index (χ2n) is 7.03. The van der Waals surface area contributed by atoms with Crippen LogP contribution in [-0.4, -0.2) is 31.4 Å². The van der Waals surface area contributed by atoms with Gasteiger partial charge in [-0.25, -0.2) is 9.97 Å². The largest absolute Gasteiger partial charge is 0.507 e. The molecule has 3 heterocycles. The van der Waals surface area contributed by atoms with E-state index in [1.807, 2.05) is 30.4 Å². The molecule has 4 rings (SSSR count). The number of aromatic nitrogens is 3. The Kier molecular flexibility index (Phi) is 5.61. The van der Waals surface area contributed by atoms with Gasteiger partial charge in [-0.2, -0.15) is 0 Å². The van der Waals surface area contributed by atoms with Crippen molar-refractivity contribution in [2.45, 2.75) is 26.4 Å². The zero-order chi connectivity index (χ0) is 21.3. The number of halogens is 1. The lowest BCUT2D eigenvalue weighted by Gasteiger charge is -2.11. The molecule has 30 heavy (non-hydrogen) atoms. The number of rotatable bonds is 6. The van der Waals surface area contributed by atoms with Crippen molar-refractivity contribution in [3.63, 3.8) is 0 Å². The molecular weight excluding hydrogens is 422 g/mol. The third-order valence-corrected chi connectivity index (χ3v) is 5.68. The highest BCUT2D eigenvalue weighted by Gasteiger charge is 2.15. The molecule has 0 radical (unpaired) electrons. The van der Waals surface area contributed by atoms with Crippen LogP contribution in [0.2, 0.25) is 4.34 Å². The SMILES string of the molecule is CC(C)NC(=O)c1ccc(-c2cnc3c(NCc4ccc(Cl)s4)nccn23)cc1O. The van der Waals surface area contributed by atoms with Gasteiger partial charge in [0.25, 0.3) is 5.91 Å². The third-order valence-electron chi connectivity index (χ3n) is 4.44. The van der Waals surface area contributed by atoms with Gasteiger partial charge in [0.05, 0.1) is 28.3 Å². The normalized spacial score (nSPS) is 11.2. The van der Waals surface area contributed by atoms with E-state index in [1.54, 1.807) is 36.8 Å². The van der Waals surface area contributed by atoms with Gasteiger partial charge < -0.3 is 15.7 Å². The molecule has 0 spiro atoms. The second-order valence-corrected chi connectivity index (χ2v) is 8.83. The summed E-state index contributed by atoms with van der Waals surface area (Å²) in [5, 5.41) is 16.5. The summed E-state index contributed by atoms with van der Waals surface area (Å²) in [4.78, 5) is 22.2. The van der Waals surface area contributed by atoms with E-state index in [1.165, 1.54) is 11.3 Å². The Morgan fingerprint density at radius 1 is 1.27 bits per heavy atom. The minimum atomic E-state index is -0.309. The van der Waals surface area contributed by atoms with E-state index in [2.05, 4.69) is 20.6 Å². The van der Waals surface area contributed by atoms with Crippen molar-refractivity contribution in [2.24, 2.45) is 0 Å². The minimum Gasteiger partial charge on any atom is -0.507 e. The maximum absolute atomic E-state index is 12.2. The number of phenolic OH excluding ortho intramolecular Hbond substituents is 1. The fourth-order valence-corrected chi connectivity index (χ4v) is 4.13. The molecule has 1 amide bonds. The molecule has 0 aliphatic carbocycles. The number of carbonyl (C=O) groups excluding carboxylic acids is 1. The second kappa shape index (κ2) is 8.33. The first-order valence-corrected chi connectivity index (χ1v) is 10.6. The first-order chi connectivity index (χ1) is 14.4. The number of benzene rings is 1. The Morgan fingerprint density at radius 3 is 2.80 bits per heavy atom. The standard InChI is InChI=1S/C21H20ClN5O2S/c1-12(2)26-21(29)15-5-3-13(9-17(15)28)16-11-25-20-19(23-7-8-27(16)20)24-10-14-4-6-18(22)30-14/h3-9,11-12,28H,10H2,1-2H3,(H,23,24)(H,26,29). The molecule has 0 bridgehead atoms. The summed E-state index contributed by atoms with van der Waals surface area (Å²) >= 11 is 7.50. The maximum Gasteiger partial charge on any atom is 0.255 e. The first kappa shape index (κ1) is 20.2. The van der Waals surface area contributed by atoms with Gasteiger partial charge in [-0.05, 0) is 38.1 Å². The fraction of sp³-hybridized carbons (Fsp3) is 0.190. The minimum absolute atomic E-state index is 0.0148. The molecule has 0 aliphatic heterocycles. The number of hydrogen-bond acceptors (Lipinski definition) is 6. The zero-order valence-electron chi connectivity index (χ0n) is 16.4. The van der Waals surface area contributed by atoms with Crippen LogP contribution in [0.15, 0.2) is 48.9 Å². The molecule has 9 heteroatoms. The molecule has 4 aromatic rings. The van der Waals surface area contributed by atoms with Crippen molar-refractivity contribution in [2.75, 3.05) is 5.32 Å². The zero-order valence-corrected chi connectivity index (χ0v) is 18.0. The summed E-state index contributed by atoms with van der Waals surface area (Å²) in [5.74, 6) is 0.254. The predicted octanol–water partition coefficient (Wildman–Crippen LogP) is 4.57. The van der Waals surface area contributed by atoms with Crippen LogP contribution in [-0.2, 0) is 6.54 Å². The lowest BCUT2D eigenvalue weighted by Crippen LogP contribution is -2.30. The molecule has 7 nitrogen and oxygen atoms in total. The quantitative estimate of drug-likeness (QED) is 0.407. The van der Waals surface area contributed by atoms with E-state index in [0.717, 1.165) is 20.5 Å². The van der Waals surface area contributed by atoms with Gasteiger partial charge in [0.1, 0.15) is 5.75 Å². The van der Waals surface area contributed by atoms with Crippen LogP contribution in [0.25, 0.3) is 16.9 Å². The number of nitrogens with one attached hydrogen (secondary N) is 2. The van der Waals surface area contributed by atoms with Gasteiger partial charge in [0.2, 0.25) is 0 Å². The Balaban J connectivity index is 1.62. The Labute approximate surface area is 182 Å². The van der Waals surface area contributed by atoms with Crippen LogP contribution in [0.1, 0.15) is 29.1 Å². The number of fused-ring (bicyclic) bond motifs is 1. The number of aromatic hydroxyl groups is 1. The number of phenols is 1. The molecule has 3 aromatic heterocycles. The molecule has 0 aliphatic rings. The van der Waals surface area contributed by atoms with Gasteiger partial charge in [-0.3, -0.25) is 9.20 Å². The monoisotopic (exact) mass is 441 g/mol.